The molecule has 61 heavy (non-hydrogen) atoms. The van der Waals surface area contributed by atoms with Crippen molar-refractivity contribution in [2.45, 2.75) is 77.7 Å². The molecule has 1 atom stereocenters. The minimum Gasteiger partial charge on any atom is -0.358 e. The molecule has 0 aliphatic carbocycles. The van der Waals surface area contributed by atoms with Crippen molar-refractivity contribution in [3.8, 4) is 0 Å². The molecule has 4 aliphatic heterocycles. The summed E-state index contributed by atoms with van der Waals surface area (Å²) in [6.07, 6.45) is 7.83. The number of carbonyl (C=O) groups is 7. The number of fused-ring (bicyclic) bond motifs is 2. The van der Waals surface area contributed by atoms with Crippen LogP contribution in [0.5, 0.6) is 0 Å². The molecule has 16 heteroatoms. The van der Waals surface area contributed by atoms with Crippen molar-refractivity contribution in [3.05, 3.63) is 87.0 Å². The highest BCUT2D eigenvalue weighted by atomic mass is 19.1. The number of unbranched alkanes of at least 4 members (excludes halogenated alkanes) is 4. The maximum absolute atomic E-state index is 13.9. The highest BCUT2D eigenvalue weighted by Gasteiger charge is 2.45. The van der Waals surface area contributed by atoms with Crippen molar-refractivity contribution in [3.63, 3.8) is 0 Å². The summed E-state index contributed by atoms with van der Waals surface area (Å²) in [7, 11) is 0. The number of carbonyl (C=O) groups excluding carboxylic acids is 7. The number of piperazine rings is 1. The number of imide groups is 2. The lowest BCUT2D eigenvalue weighted by molar-refractivity contribution is -0.136. The van der Waals surface area contributed by atoms with Crippen LogP contribution in [0.25, 0.3) is 11.6 Å². The maximum Gasteiger partial charge on any atom is 0.262 e. The largest absolute Gasteiger partial charge is 0.358 e. The van der Waals surface area contributed by atoms with E-state index in [0.717, 1.165) is 81.7 Å². The Morgan fingerprint density at radius 2 is 1.57 bits per heavy atom. The van der Waals surface area contributed by atoms with Crippen LogP contribution in [0.1, 0.15) is 111 Å². The highest BCUT2D eigenvalue weighted by molar-refractivity contribution is 6.35. The number of aromatic nitrogens is 1. The Labute approximate surface area is 353 Å². The van der Waals surface area contributed by atoms with Crippen LogP contribution in [-0.2, 0) is 25.6 Å². The predicted molar refractivity (Wildman–Crippen MR) is 226 cm³/mol. The van der Waals surface area contributed by atoms with Crippen LogP contribution in [0.2, 0.25) is 0 Å². The van der Waals surface area contributed by atoms with Crippen LogP contribution in [0.4, 0.5) is 10.1 Å². The van der Waals surface area contributed by atoms with Crippen LogP contribution >= 0.6 is 0 Å². The van der Waals surface area contributed by atoms with Gasteiger partial charge in [-0.1, -0.05) is 31.4 Å². The maximum atomic E-state index is 13.9. The van der Waals surface area contributed by atoms with E-state index in [1.54, 1.807) is 18.2 Å². The number of hydrogen-bond acceptors (Lipinski definition) is 9. The van der Waals surface area contributed by atoms with Crippen molar-refractivity contribution in [1.29, 1.82) is 0 Å². The van der Waals surface area contributed by atoms with Gasteiger partial charge in [0.1, 0.15) is 11.9 Å². The van der Waals surface area contributed by atoms with E-state index in [1.807, 2.05) is 19.9 Å². The summed E-state index contributed by atoms with van der Waals surface area (Å²) in [4.78, 5) is 97.5. The second kappa shape index (κ2) is 19.1. The lowest BCUT2D eigenvalue weighted by atomic mass is 9.97. The second-order valence-corrected chi connectivity index (χ2v) is 16.2. The summed E-state index contributed by atoms with van der Waals surface area (Å²) in [5.41, 5.74) is 5.37. The van der Waals surface area contributed by atoms with E-state index in [1.165, 1.54) is 18.2 Å². The molecule has 2 aromatic carbocycles. The van der Waals surface area contributed by atoms with E-state index in [4.69, 9.17) is 0 Å². The third-order valence-electron chi connectivity index (χ3n) is 12.0. The first-order chi connectivity index (χ1) is 29.4. The van der Waals surface area contributed by atoms with E-state index in [-0.39, 0.29) is 30.6 Å². The van der Waals surface area contributed by atoms with Gasteiger partial charge in [-0.3, -0.25) is 48.7 Å². The molecule has 2 fully saturated rings. The van der Waals surface area contributed by atoms with E-state index in [0.29, 0.717) is 76.5 Å². The summed E-state index contributed by atoms with van der Waals surface area (Å²) in [5.74, 6) is -2.92. The molecule has 0 saturated carbocycles. The monoisotopic (exact) mass is 836 g/mol. The lowest BCUT2D eigenvalue weighted by Crippen LogP contribution is -2.54. The molecule has 3 aromatic rings. The fraction of sp³-hybridized carbons (Fsp3) is 0.444. The molecule has 15 nitrogen and oxygen atoms in total. The number of halogens is 1. The number of nitrogens with one attached hydrogen (secondary N) is 5. The van der Waals surface area contributed by atoms with Gasteiger partial charge in [0.2, 0.25) is 17.7 Å². The van der Waals surface area contributed by atoms with Gasteiger partial charge in [-0.2, -0.15) is 0 Å². The van der Waals surface area contributed by atoms with Gasteiger partial charge in [0, 0.05) is 68.3 Å². The number of rotatable bonds is 17. The van der Waals surface area contributed by atoms with Crippen molar-refractivity contribution in [2.24, 2.45) is 0 Å². The standard InChI is InChI=1S/C45H53FN8O7/c1-27-35(25-33-32-24-30(46)13-14-34(32)50-41(33)57)49-28(2)39(27)43(59)48-18-9-19-52-20-22-53(23-21-52)26-38(56)47-17-7-5-3-4-6-10-29-11-8-12-31-40(29)45(61)54(44(31)60)36-15-16-37(55)51-42(36)58/h8,11-14,24-25,36,49H,3-7,9-10,15-23,26H2,1-2H3,(H,47,56)(H,48,59)(H,50,57)(H,51,55,58)/b33-25-. The first-order valence-corrected chi connectivity index (χ1v) is 21.2. The van der Waals surface area contributed by atoms with Crippen molar-refractivity contribution >= 4 is 58.7 Å². The fourth-order valence-electron chi connectivity index (χ4n) is 8.72. The van der Waals surface area contributed by atoms with Crippen LogP contribution in [0, 0.1) is 19.7 Å². The summed E-state index contributed by atoms with van der Waals surface area (Å²) in [6.45, 7) is 9.18. The zero-order chi connectivity index (χ0) is 43.2. The Balaban J connectivity index is 0.739. The molecule has 5 N–H and O–H groups in total. The number of aryl methyl sites for hydroxylation is 2. The number of anilines is 1. The van der Waals surface area contributed by atoms with E-state index >= 15 is 0 Å². The molecule has 5 heterocycles. The number of benzene rings is 2. The van der Waals surface area contributed by atoms with Crippen molar-refractivity contribution in [1.82, 2.24) is 35.6 Å². The van der Waals surface area contributed by atoms with E-state index in [9.17, 15) is 38.0 Å². The third-order valence-corrected chi connectivity index (χ3v) is 12.0. The van der Waals surface area contributed by atoms with Gasteiger partial charge < -0.3 is 25.8 Å². The van der Waals surface area contributed by atoms with Gasteiger partial charge in [-0.25, -0.2) is 4.39 Å². The number of H-pyrrole nitrogens is 1. The SMILES string of the molecule is Cc1[nH]c(/C=C2\C(=O)Nc3ccc(F)cc32)c(C)c1C(=O)NCCCN1CCN(CC(=O)NCCCCCCCc2cccc3c2C(=O)N(C2CCC(=O)NC2=O)C3=O)CC1. The Bertz CT molecular complexity index is 2280. The molecule has 0 bridgehead atoms. The van der Waals surface area contributed by atoms with Gasteiger partial charge in [-0.05, 0) is 94.0 Å². The van der Waals surface area contributed by atoms with Gasteiger partial charge in [0.15, 0.2) is 0 Å². The van der Waals surface area contributed by atoms with Gasteiger partial charge in [-0.15, -0.1) is 0 Å². The molecule has 4 aliphatic rings. The molecule has 1 aromatic heterocycles. The lowest BCUT2D eigenvalue weighted by Gasteiger charge is -2.34. The molecule has 0 radical (unpaired) electrons. The van der Waals surface area contributed by atoms with E-state index < -0.39 is 35.5 Å². The zero-order valence-electron chi connectivity index (χ0n) is 34.7. The Morgan fingerprint density at radius 1 is 0.836 bits per heavy atom. The number of hydrogen-bond donors (Lipinski definition) is 5. The smallest absolute Gasteiger partial charge is 0.262 e. The Hall–Kier alpha value is -6.00. The fourth-order valence-corrected chi connectivity index (χ4v) is 8.72. The normalized spacial score (nSPS) is 18.7. The number of nitrogens with zero attached hydrogens (tertiary/aromatic N) is 3. The Morgan fingerprint density at radius 3 is 2.36 bits per heavy atom. The number of aromatic amines is 1. The van der Waals surface area contributed by atoms with E-state index in [2.05, 4.69) is 36.1 Å². The van der Waals surface area contributed by atoms with Gasteiger partial charge in [0.25, 0.3) is 23.6 Å². The van der Waals surface area contributed by atoms with Crippen molar-refractivity contribution in [2.75, 3.05) is 57.7 Å². The highest BCUT2D eigenvalue weighted by Crippen LogP contribution is 2.35. The van der Waals surface area contributed by atoms with Crippen LogP contribution < -0.4 is 21.3 Å². The summed E-state index contributed by atoms with van der Waals surface area (Å²) in [5, 5.41) is 11.0. The minimum absolute atomic E-state index is 0.0135. The molecule has 322 valence electrons. The molecular formula is C45H53FN8O7. The predicted octanol–water partition coefficient (Wildman–Crippen LogP) is 3.71. The first-order valence-electron chi connectivity index (χ1n) is 21.2. The molecule has 7 rings (SSSR count). The minimum atomic E-state index is -0.979. The summed E-state index contributed by atoms with van der Waals surface area (Å²) >= 11 is 0. The Kier molecular flexibility index (Phi) is 13.5. The second-order valence-electron chi connectivity index (χ2n) is 16.2. The summed E-state index contributed by atoms with van der Waals surface area (Å²) < 4.78 is 13.9. The zero-order valence-corrected chi connectivity index (χ0v) is 34.7. The molecule has 2 saturated heterocycles. The van der Waals surface area contributed by atoms with Gasteiger partial charge in [0.05, 0.1) is 28.8 Å². The average Bonchev–Trinajstić information content (AvgIpc) is 3.80. The number of amides is 7. The van der Waals surface area contributed by atoms with Crippen LogP contribution in [-0.4, -0.2) is 119 Å². The molecule has 1 unspecified atom stereocenters. The summed E-state index contributed by atoms with van der Waals surface area (Å²) in [6, 6.07) is 8.41. The van der Waals surface area contributed by atoms with Crippen molar-refractivity contribution < 1.29 is 38.0 Å². The topological polar surface area (TPSA) is 193 Å². The first kappa shape index (κ1) is 43.1. The van der Waals surface area contributed by atoms with Crippen LogP contribution in [0.3, 0.4) is 0 Å². The third kappa shape index (κ3) is 9.81. The van der Waals surface area contributed by atoms with Gasteiger partial charge >= 0.3 is 0 Å². The molecule has 7 amide bonds. The van der Waals surface area contributed by atoms with Crippen LogP contribution in [0.15, 0.2) is 36.4 Å². The average molecular weight is 837 g/mol. The number of piperidine rings is 1. The molecule has 0 spiro atoms. The quantitative estimate of drug-likeness (QED) is 0.0766. The molecular weight excluding hydrogens is 784 g/mol.